The Morgan fingerprint density at radius 1 is 0.938 bits per heavy atom. The Morgan fingerprint density at radius 2 is 1.31 bits per heavy atom. The quantitative estimate of drug-likeness (QED) is 0.772. The molecule has 0 saturated heterocycles. The first-order chi connectivity index (χ1) is 7.71. The van der Waals surface area contributed by atoms with Gasteiger partial charge in [0.05, 0.1) is 0 Å². The molecule has 2 aromatic heterocycles. The molecule has 0 spiro atoms. The fourth-order valence-electron chi connectivity index (χ4n) is 1.65. The summed E-state index contributed by atoms with van der Waals surface area (Å²) in [6.07, 6.45) is 7.06. The molecule has 6 heteroatoms. The van der Waals surface area contributed by atoms with E-state index in [1.54, 1.807) is 33.9 Å². The summed E-state index contributed by atoms with van der Waals surface area (Å²) >= 11 is 12.0. The van der Waals surface area contributed by atoms with Crippen LogP contribution in [-0.2, 0) is 5.56 Å². The molecule has 2 heterocycles. The minimum Gasteiger partial charge on any atom is -0.323 e. The van der Waals surface area contributed by atoms with Gasteiger partial charge in [-0.2, -0.15) is 28.2 Å². The lowest BCUT2D eigenvalue weighted by molar-refractivity contribution is 0.460. The van der Waals surface area contributed by atoms with Crippen LogP contribution in [0.1, 0.15) is 0 Å². The zero-order valence-corrected chi connectivity index (χ0v) is 9.81. The van der Waals surface area contributed by atoms with Crippen molar-refractivity contribution in [3.05, 3.63) is 49.1 Å². The number of hydrogen-bond acceptors (Lipinski definition) is 1. The van der Waals surface area contributed by atoms with Gasteiger partial charge in [-0.1, -0.05) is 0 Å². The topological polar surface area (TPSA) is 33.6 Å². The third-order valence-electron chi connectivity index (χ3n) is 2.47. The molecule has 0 aromatic carbocycles. The highest BCUT2D eigenvalue weighted by molar-refractivity contribution is 7.34. The molecule has 2 rings (SSSR count). The van der Waals surface area contributed by atoms with Crippen molar-refractivity contribution < 1.29 is 0 Å². The molecule has 0 aliphatic rings. The highest BCUT2D eigenvalue weighted by atomic mass is 35.5. The van der Waals surface area contributed by atoms with Gasteiger partial charge in [-0.15, -0.1) is 0 Å². The first-order valence-corrected chi connectivity index (χ1v) is 5.55. The van der Waals surface area contributed by atoms with Gasteiger partial charge < -0.3 is 9.13 Å². The summed E-state index contributed by atoms with van der Waals surface area (Å²) in [6.45, 7) is 0. The van der Waals surface area contributed by atoms with Crippen molar-refractivity contribution in [2.24, 2.45) is 0 Å². The van der Waals surface area contributed by atoms with Gasteiger partial charge in [-0.05, 0) is 24.3 Å². The molecule has 0 aliphatic heterocycles. The smallest absolute Gasteiger partial charge is 0.323 e. The molecular weight excluding hydrogens is 244 g/mol. The van der Waals surface area contributed by atoms with Crippen LogP contribution < -0.4 is 0 Å². The Kier molecular flexibility index (Phi) is 3.00. The van der Waals surface area contributed by atoms with E-state index in [0.717, 1.165) is 0 Å². The van der Waals surface area contributed by atoms with E-state index in [-0.39, 0.29) is 0 Å². The van der Waals surface area contributed by atoms with E-state index in [1.165, 1.54) is 0 Å². The Morgan fingerprint density at radius 3 is 1.56 bits per heavy atom. The minimum absolute atomic E-state index is 0.878. The highest BCUT2D eigenvalue weighted by Gasteiger charge is 2.44. The molecule has 2 aromatic rings. The fraction of sp³-hybridized carbons (Fsp3) is 0.100. The van der Waals surface area contributed by atoms with Gasteiger partial charge in [0.2, 0.25) is 5.56 Å². The van der Waals surface area contributed by atoms with Crippen molar-refractivity contribution in [1.82, 2.24) is 9.13 Å². The van der Waals surface area contributed by atoms with Crippen LogP contribution in [0, 0.1) is 11.3 Å². The lowest BCUT2D eigenvalue weighted by Crippen LogP contribution is -2.47. The van der Waals surface area contributed by atoms with Crippen molar-refractivity contribution in [3.8, 4) is 6.07 Å². The van der Waals surface area contributed by atoms with Crippen molar-refractivity contribution in [2.45, 2.75) is 5.56 Å². The molecule has 0 amide bonds. The molecule has 0 unspecified atom stereocenters. The molecule has 3 nitrogen and oxygen atoms in total. The van der Waals surface area contributed by atoms with E-state index in [0.29, 0.717) is 0 Å². The second-order valence-electron chi connectivity index (χ2n) is 3.32. The average molecular weight is 252 g/mol. The first-order valence-electron chi connectivity index (χ1n) is 4.68. The maximum absolute atomic E-state index is 9.43. The van der Waals surface area contributed by atoms with Crippen LogP contribution in [0.2, 0.25) is 0 Å². The Hall–Kier alpha value is -1.31. The largest absolute Gasteiger partial charge is 0.418 e. The number of rotatable bonds is 3. The van der Waals surface area contributed by atoms with Crippen molar-refractivity contribution in [2.75, 3.05) is 0 Å². The summed E-state index contributed by atoms with van der Waals surface area (Å²) < 4.78 is 3.38. The van der Waals surface area contributed by atoms with Crippen LogP contribution in [0.3, 0.4) is 0 Å². The zero-order chi connectivity index (χ0) is 11.6. The van der Waals surface area contributed by atoms with E-state index in [4.69, 9.17) is 22.9 Å². The molecule has 16 heavy (non-hydrogen) atoms. The standard InChI is InChI=1S/C10H8BCl2N3/c12-11(13)10(9-14,15-5-1-2-6-15)16-7-3-4-8-16/h1-8H. The van der Waals surface area contributed by atoms with Gasteiger partial charge in [0.1, 0.15) is 6.07 Å². The van der Waals surface area contributed by atoms with Crippen LogP contribution in [0.15, 0.2) is 49.1 Å². The lowest BCUT2D eigenvalue weighted by Gasteiger charge is -2.29. The fourth-order valence-corrected chi connectivity index (χ4v) is 2.19. The van der Waals surface area contributed by atoms with E-state index in [2.05, 4.69) is 6.07 Å². The monoisotopic (exact) mass is 251 g/mol. The van der Waals surface area contributed by atoms with Gasteiger partial charge in [0.15, 0.2) is 0 Å². The first kappa shape index (κ1) is 11.2. The van der Waals surface area contributed by atoms with Crippen LogP contribution in [0.4, 0.5) is 0 Å². The summed E-state index contributed by atoms with van der Waals surface area (Å²) in [6, 6.07) is 9.48. The maximum atomic E-state index is 9.43. The normalized spacial score (nSPS) is 11.1. The van der Waals surface area contributed by atoms with Gasteiger partial charge >= 0.3 is 5.54 Å². The predicted octanol–water partition coefficient (Wildman–Crippen LogP) is 2.52. The summed E-state index contributed by atoms with van der Waals surface area (Å²) in [7, 11) is 0. The molecule has 0 aliphatic carbocycles. The van der Waals surface area contributed by atoms with Crippen LogP contribution >= 0.6 is 22.9 Å². The number of nitrogens with zero attached hydrogens (tertiary/aromatic N) is 3. The van der Waals surface area contributed by atoms with Gasteiger partial charge in [0, 0.05) is 24.8 Å². The SMILES string of the molecule is N#CC(B(Cl)Cl)(n1cccc1)n1cccc1. The van der Waals surface area contributed by atoms with Gasteiger partial charge in [-0.3, -0.25) is 0 Å². The molecule has 0 atom stereocenters. The number of nitriles is 1. The number of hydrogen-bond donors (Lipinski definition) is 0. The van der Waals surface area contributed by atoms with Gasteiger partial charge in [0.25, 0.3) is 0 Å². The minimum atomic E-state index is -1.14. The van der Waals surface area contributed by atoms with Crippen molar-refractivity contribution in [3.63, 3.8) is 0 Å². The highest BCUT2D eigenvalue weighted by Crippen LogP contribution is 2.27. The van der Waals surface area contributed by atoms with E-state index >= 15 is 0 Å². The van der Waals surface area contributed by atoms with Crippen molar-refractivity contribution >= 4 is 28.5 Å². The summed E-state index contributed by atoms with van der Waals surface area (Å²) in [5.41, 5.74) is -2.02. The second kappa shape index (κ2) is 4.29. The third kappa shape index (κ3) is 1.53. The third-order valence-corrected chi connectivity index (χ3v) is 3.07. The van der Waals surface area contributed by atoms with Gasteiger partial charge in [-0.25, -0.2) is 0 Å². The molecule has 0 radical (unpaired) electrons. The lowest BCUT2D eigenvalue weighted by atomic mass is 9.84. The molecule has 0 bridgehead atoms. The van der Waals surface area contributed by atoms with Crippen LogP contribution in [-0.4, -0.2) is 14.7 Å². The van der Waals surface area contributed by atoms with E-state index in [1.807, 2.05) is 24.3 Å². The summed E-state index contributed by atoms with van der Waals surface area (Å²) in [5.74, 6) is 0. The Balaban J connectivity index is 2.63. The summed E-state index contributed by atoms with van der Waals surface area (Å²) in [4.78, 5) is 0. The maximum Gasteiger partial charge on any atom is 0.418 e. The molecular formula is C10H8BCl2N3. The summed E-state index contributed by atoms with van der Waals surface area (Å²) in [5, 5.41) is 9.43. The molecule has 0 saturated carbocycles. The van der Waals surface area contributed by atoms with Crippen LogP contribution in [0.5, 0.6) is 0 Å². The van der Waals surface area contributed by atoms with E-state index < -0.39 is 11.1 Å². The zero-order valence-electron chi connectivity index (χ0n) is 8.29. The van der Waals surface area contributed by atoms with Crippen LogP contribution in [0.25, 0.3) is 0 Å². The number of halogens is 2. The molecule has 0 fully saturated rings. The average Bonchev–Trinajstić information content (AvgIpc) is 2.89. The van der Waals surface area contributed by atoms with E-state index in [9.17, 15) is 5.26 Å². The number of aromatic nitrogens is 2. The van der Waals surface area contributed by atoms with Crippen molar-refractivity contribution in [1.29, 1.82) is 5.26 Å². The predicted molar refractivity (Wildman–Crippen MR) is 65.3 cm³/mol. The Labute approximate surface area is 104 Å². The second-order valence-corrected chi connectivity index (χ2v) is 4.42. The molecule has 80 valence electrons. The Bertz CT molecular complexity index is 450. The molecule has 0 N–H and O–H groups in total.